The Hall–Kier alpha value is -3.16. The third-order valence-corrected chi connectivity index (χ3v) is 6.11. The van der Waals surface area contributed by atoms with Crippen LogP contribution in [0.1, 0.15) is 41.4 Å². The Morgan fingerprint density at radius 2 is 1.72 bits per heavy atom. The number of nitrogens with one attached hydrogen (secondary N) is 1. The van der Waals surface area contributed by atoms with E-state index in [1.807, 2.05) is 0 Å². The Bertz CT molecular complexity index is 925. The van der Waals surface area contributed by atoms with E-state index in [0.29, 0.717) is 17.2 Å². The van der Waals surface area contributed by atoms with Crippen LogP contribution in [0.15, 0.2) is 30.3 Å². The highest BCUT2D eigenvalue weighted by Crippen LogP contribution is 2.44. The Balaban J connectivity index is 1.51. The van der Waals surface area contributed by atoms with E-state index < -0.39 is 17.9 Å². The molecule has 1 aromatic heterocycles. The fourth-order valence-electron chi connectivity index (χ4n) is 4.38. The third-order valence-electron chi connectivity index (χ3n) is 6.11. The largest absolute Gasteiger partial charge is 0.368 e. The molecule has 1 aliphatic carbocycles. The van der Waals surface area contributed by atoms with Gasteiger partial charge in [-0.05, 0) is 49.1 Å². The molecule has 2 heterocycles. The van der Waals surface area contributed by atoms with Gasteiger partial charge in [0.1, 0.15) is 17.6 Å². The number of anilines is 2. The van der Waals surface area contributed by atoms with Gasteiger partial charge in [0, 0.05) is 19.2 Å². The molecule has 1 unspecified atom stereocenters. The van der Waals surface area contributed by atoms with Gasteiger partial charge >= 0.3 is 0 Å². The molecule has 1 saturated heterocycles. The monoisotopic (exact) mass is 394 g/mol. The summed E-state index contributed by atoms with van der Waals surface area (Å²) in [6, 6.07) is 9.50. The molecule has 1 fully saturated rings. The summed E-state index contributed by atoms with van der Waals surface area (Å²) >= 11 is 0. The van der Waals surface area contributed by atoms with Crippen molar-refractivity contribution in [2.45, 2.75) is 38.6 Å². The molecule has 1 aromatic carbocycles. The number of nitrogens with zero attached hydrogens (tertiary/aromatic N) is 3. The molecular weight excluding hydrogens is 368 g/mol. The summed E-state index contributed by atoms with van der Waals surface area (Å²) in [7, 11) is 0. The van der Waals surface area contributed by atoms with Crippen molar-refractivity contribution in [2.24, 2.45) is 16.9 Å². The van der Waals surface area contributed by atoms with Crippen LogP contribution in [0.25, 0.3) is 0 Å². The summed E-state index contributed by atoms with van der Waals surface area (Å²) in [5.41, 5.74) is 14.1. The van der Waals surface area contributed by atoms with Crippen LogP contribution in [0.5, 0.6) is 0 Å². The molecule has 0 saturated carbocycles. The van der Waals surface area contributed by atoms with E-state index in [2.05, 4.69) is 44.5 Å². The molecule has 4 rings (SSSR count). The second kappa shape index (κ2) is 7.35. The summed E-state index contributed by atoms with van der Waals surface area (Å²) in [6.07, 6.45) is 4.29. The first-order chi connectivity index (χ1) is 13.8. The Labute approximate surface area is 169 Å². The minimum Gasteiger partial charge on any atom is -0.368 e. The van der Waals surface area contributed by atoms with Gasteiger partial charge in [-0.2, -0.15) is 4.98 Å². The number of amides is 2. The third kappa shape index (κ3) is 3.87. The zero-order valence-electron chi connectivity index (χ0n) is 16.5. The predicted octanol–water partition coefficient (Wildman–Crippen LogP) is 1.25. The maximum Gasteiger partial charge on any atom is 0.267 e. The number of hydrogen-bond acceptors (Lipinski definition) is 6. The number of primary amides is 2. The van der Waals surface area contributed by atoms with Crippen molar-refractivity contribution < 1.29 is 9.59 Å². The molecule has 5 N–H and O–H groups in total. The van der Waals surface area contributed by atoms with E-state index in [1.165, 1.54) is 17.2 Å². The molecule has 8 nitrogen and oxygen atoms in total. The van der Waals surface area contributed by atoms with E-state index in [-0.39, 0.29) is 5.69 Å². The quantitative estimate of drug-likeness (QED) is 0.700. The lowest BCUT2D eigenvalue weighted by atomic mass is 9.76. The molecule has 0 radical (unpaired) electrons. The summed E-state index contributed by atoms with van der Waals surface area (Å²) in [5, 5.41) is 2.92. The molecule has 2 amide bonds. The van der Waals surface area contributed by atoms with Crippen molar-refractivity contribution in [1.29, 1.82) is 0 Å². The highest BCUT2D eigenvalue weighted by Gasteiger charge is 2.40. The number of nitrogens with two attached hydrogens (primary N) is 2. The molecule has 2 aliphatic rings. The maximum absolute atomic E-state index is 11.7. The highest BCUT2D eigenvalue weighted by molar-refractivity contribution is 5.92. The topological polar surface area (TPSA) is 127 Å². The first-order valence-corrected chi connectivity index (χ1v) is 9.92. The van der Waals surface area contributed by atoms with Gasteiger partial charge in [0.15, 0.2) is 0 Å². The van der Waals surface area contributed by atoms with Crippen LogP contribution in [-0.2, 0) is 17.6 Å². The fraction of sp³-hybridized carbons (Fsp3) is 0.429. The van der Waals surface area contributed by atoms with Crippen molar-refractivity contribution in [2.75, 3.05) is 23.3 Å². The van der Waals surface area contributed by atoms with Crippen LogP contribution < -0.4 is 21.7 Å². The number of rotatable bonds is 5. The molecule has 1 spiro atoms. The van der Waals surface area contributed by atoms with Crippen LogP contribution in [0.4, 0.5) is 11.8 Å². The maximum atomic E-state index is 11.7. The van der Waals surface area contributed by atoms with E-state index in [4.69, 9.17) is 11.5 Å². The average molecular weight is 394 g/mol. The Morgan fingerprint density at radius 3 is 2.28 bits per heavy atom. The normalized spacial score (nSPS) is 18.3. The molecule has 1 atom stereocenters. The van der Waals surface area contributed by atoms with Crippen molar-refractivity contribution in [1.82, 2.24) is 9.97 Å². The van der Waals surface area contributed by atoms with Gasteiger partial charge in [0.05, 0.1) is 0 Å². The van der Waals surface area contributed by atoms with Gasteiger partial charge in [-0.25, -0.2) is 4.98 Å². The number of carbonyl (C=O) groups excluding carboxylic acids is 2. The zero-order chi connectivity index (χ0) is 20.6. The van der Waals surface area contributed by atoms with Gasteiger partial charge < -0.3 is 21.7 Å². The number of benzene rings is 1. The van der Waals surface area contributed by atoms with Crippen LogP contribution in [-0.4, -0.2) is 40.9 Å². The summed E-state index contributed by atoms with van der Waals surface area (Å²) in [5.74, 6) is -0.329. The standard InChI is InChI=1S/C21H26N6O2/c1-13(18(22)28)24-17-10-16(19(23)29)25-20(26-17)27-8-6-21(7-9-27)11-14-4-2-3-5-15(14)12-21/h2-5,10,13H,6-9,11-12H2,1H3,(H2,22,28)(H2,23,29)(H,24,25,26). The van der Waals surface area contributed by atoms with E-state index in [9.17, 15) is 9.59 Å². The highest BCUT2D eigenvalue weighted by atomic mass is 16.1. The smallest absolute Gasteiger partial charge is 0.267 e. The van der Waals surface area contributed by atoms with Crippen molar-refractivity contribution >= 4 is 23.6 Å². The second-order valence-electron chi connectivity index (χ2n) is 8.18. The predicted molar refractivity (Wildman–Crippen MR) is 111 cm³/mol. The molecule has 152 valence electrons. The van der Waals surface area contributed by atoms with Crippen LogP contribution in [0, 0.1) is 5.41 Å². The lowest BCUT2D eigenvalue weighted by Crippen LogP contribution is -2.41. The van der Waals surface area contributed by atoms with Crippen LogP contribution >= 0.6 is 0 Å². The minimum absolute atomic E-state index is 0.114. The number of aromatic nitrogens is 2. The van der Waals surface area contributed by atoms with Crippen LogP contribution in [0.3, 0.4) is 0 Å². The summed E-state index contributed by atoms with van der Waals surface area (Å²) in [6.45, 7) is 3.25. The van der Waals surface area contributed by atoms with Gasteiger partial charge in [-0.15, -0.1) is 0 Å². The van der Waals surface area contributed by atoms with Crippen molar-refractivity contribution in [3.8, 4) is 0 Å². The van der Waals surface area contributed by atoms with E-state index in [1.54, 1.807) is 6.92 Å². The molecular formula is C21H26N6O2. The number of piperidine rings is 1. The van der Waals surface area contributed by atoms with Gasteiger partial charge in [-0.3, -0.25) is 9.59 Å². The minimum atomic E-state index is -0.636. The molecule has 1 aliphatic heterocycles. The molecule has 29 heavy (non-hydrogen) atoms. The van der Waals surface area contributed by atoms with Gasteiger partial charge in [0.25, 0.3) is 5.91 Å². The van der Waals surface area contributed by atoms with Crippen LogP contribution in [0.2, 0.25) is 0 Å². The Morgan fingerprint density at radius 1 is 1.10 bits per heavy atom. The Kier molecular flexibility index (Phi) is 4.86. The number of fused-ring (bicyclic) bond motifs is 1. The molecule has 8 heteroatoms. The summed E-state index contributed by atoms with van der Waals surface area (Å²) in [4.78, 5) is 34.0. The number of carbonyl (C=O) groups is 2. The fourth-order valence-corrected chi connectivity index (χ4v) is 4.38. The SMILES string of the molecule is CC(Nc1cc(C(N)=O)nc(N2CCC3(CC2)Cc2ccccc2C3)n1)C(N)=O. The van der Waals surface area contributed by atoms with Gasteiger partial charge in [0.2, 0.25) is 11.9 Å². The second-order valence-corrected chi connectivity index (χ2v) is 8.18. The first kappa shape index (κ1) is 19.2. The lowest BCUT2D eigenvalue weighted by Gasteiger charge is -2.39. The van der Waals surface area contributed by atoms with Crippen molar-refractivity contribution in [3.63, 3.8) is 0 Å². The van der Waals surface area contributed by atoms with E-state index >= 15 is 0 Å². The number of hydrogen-bond donors (Lipinski definition) is 3. The molecule has 0 bridgehead atoms. The van der Waals surface area contributed by atoms with Gasteiger partial charge in [-0.1, -0.05) is 24.3 Å². The van der Waals surface area contributed by atoms with Crippen molar-refractivity contribution in [3.05, 3.63) is 47.2 Å². The lowest BCUT2D eigenvalue weighted by molar-refractivity contribution is -0.118. The zero-order valence-corrected chi connectivity index (χ0v) is 16.5. The first-order valence-electron chi connectivity index (χ1n) is 9.92. The average Bonchev–Trinajstić information content (AvgIpc) is 3.05. The van der Waals surface area contributed by atoms with E-state index in [0.717, 1.165) is 38.8 Å². The summed E-state index contributed by atoms with van der Waals surface area (Å²) < 4.78 is 0. The molecule has 2 aromatic rings.